The number of piperazine rings is 1. The summed E-state index contributed by atoms with van der Waals surface area (Å²) in [5, 5.41) is 0. The van der Waals surface area contributed by atoms with Crippen molar-refractivity contribution in [2.45, 2.75) is 19.4 Å². The molecule has 0 unspecified atom stereocenters. The van der Waals surface area contributed by atoms with Crippen LogP contribution < -0.4 is 10.6 Å². The van der Waals surface area contributed by atoms with Gasteiger partial charge in [-0.05, 0) is 42.6 Å². The Balaban J connectivity index is 1.56. The van der Waals surface area contributed by atoms with Crippen molar-refractivity contribution in [3.05, 3.63) is 65.5 Å². The summed E-state index contributed by atoms with van der Waals surface area (Å²) in [6.45, 7) is 5.27. The largest absolute Gasteiger partial charge is 0.367 e. The van der Waals surface area contributed by atoms with E-state index in [1.807, 2.05) is 18.2 Å². The highest BCUT2D eigenvalue weighted by Gasteiger charge is 2.19. The zero-order valence-corrected chi connectivity index (χ0v) is 14.1. The monoisotopic (exact) mass is 327 g/mol. The van der Waals surface area contributed by atoms with Gasteiger partial charge in [-0.15, -0.1) is 0 Å². The van der Waals surface area contributed by atoms with Gasteiger partial charge in [0.05, 0.1) is 5.69 Å². The first-order valence-corrected chi connectivity index (χ1v) is 8.76. The lowest BCUT2D eigenvalue weighted by Gasteiger charge is -2.36. The van der Waals surface area contributed by atoms with E-state index in [9.17, 15) is 4.39 Å². The van der Waals surface area contributed by atoms with Gasteiger partial charge in [0, 0.05) is 32.7 Å². The van der Waals surface area contributed by atoms with Crippen LogP contribution in [0.4, 0.5) is 10.1 Å². The minimum atomic E-state index is -0.110. The van der Waals surface area contributed by atoms with Crippen LogP contribution in [0.2, 0.25) is 0 Å². The third-order valence-corrected chi connectivity index (χ3v) is 4.64. The van der Waals surface area contributed by atoms with Crippen LogP contribution in [-0.2, 0) is 13.0 Å². The summed E-state index contributed by atoms with van der Waals surface area (Å²) in [6, 6.07) is 16.1. The molecule has 1 aliphatic heterocycles. The van der Waals surface area contributed by atoms with Crippen LogP contribution in [0.25, 0.3) is 0 Å². The number of nitrogens with two attached hydrogens (primary N) is 1. The molecule has 0 aromatic heterocycles. The molecule has 1 aliphatic rings. The van der Waals surface area contributed by atoms with Crippen LogP contribution in [0.5, 0.6) is 0 Å². The summed E-state index contributed by atoms with van der Waals surface area (Å²) in [6.07, 6.45) is 1.75. The second kappa shape index (κ2) is 8.27. The Morgan fingerprint density at radius 1 is 0.917 bits per heavy atom. The molecule has 3 rings (SSSR count). The lowest BCUT2D eigenvalue weighted by molar-refractivity contribution is 0.249. The van der Waals surface area contributed by atoms with E-state index >= 15 is 0 Å². The molecule has 128 valence electrons. The summed E-state index contributed by atoms with van der Waals surface area (Å²) in [7, 11) is 0. The predicted octanol–water partition coefficient (Wildman–Crippen LogP) is 3.04. The van der Waals surface area contributed by atoms with E-state index in [1.165, 1.54) is 5.56 Å². The van der Waals surface area contributed by atoms with Crippen LogP contribution in [0.1, 0.15) is 17.5 Å². The number of hydrogen-bond donors (Lipinski definition) is 1. The van der Waals surface area contributed by atoms with Gasteiger partial charge in [-0.3, -0.25) is 4.90 Å². The van der Waals surface area contributed by atoms with Gasteiger partial charge in [-0.1, -0.05) is 36.4 Å². The first-order chi connectivity index (χ1) is 11.8. The number of nitrogens with zero attached hydrogens (tertiary/aromatic N) is 2. The lowest BCUT2D eigenvalue weighted by Crippen LogP contribution is -2.46. The smallest absolute Gasteiger partial charge is 0.146 e. The molecule has 2 aromatic rings. The van der Waals surface area contributed by atoms with E-state index in [2.05, 4.69) is 34.1 Å². The average molecular weight is 327 g/mol. The van der Waals surface area contributed by atoms with Gasteiger partial charge >= 0.3 is 0 Å². The summed E-state index contributed by atoms with van der Waals surface area (Å²) >= 11 is 0. The van der Waals surface area contributed by atoms with Crippen molar-refractivity contribution in [2.24, 2.45) is 5.73 Å². The van der Waals surface area contributed by atoms with Crippen LogP contribution in [0, 0.1) is 5.82 Å². The van der Waals surface area contributed by atoms with Crippen molar-refractivity contribution in [2.75, 3.05) is 37.6 Å². The zero-order valence-electron chi connectivity index (χ0n) is 14.1. The maximum absolute atomic E-state index is 14.4. The zero-order chi connectivity index (χ0) is 16.8. The molecule has 0 saturated carbocycles. The number of anilines is 1. The third kappa shape index (κ3) is 4.34. The molecule has 24 heavy (non-hydrogen) atoms. The summed E-state index contributed by atoms with van der Waals surface area (Å²) in [5.41, 5.74) is 8.62. The maximum atomic E-state index is 14.4. The Kier molecular flexibility index (Phi) is 5.83. The SMILES string of the molecule is NCCCc1ccc(N2CCN(Cc3ccccc3)CC2)c(F)c1. The normalized spacial score (nSPS) is 15.7. The number of benzene rings is 2. The van der Waals surface area contributed by atoms with Crippen molar-refractivity contribution in [3.63, 3.8) is 0 Å². The second-order valence-corrected chi connectivity index (χ2v) is 6.43. The molecule has 4 heteroatoms. The fraction of sp³-hybridized carbons (Fsp3) is 0.400. The Labute approximate surface area is 143 Å². The van der Waals surface area contributed by atoms with Crippen LogP contribution in [0.15, 0.2) is 48.5 Å². The topological polar surface area (TPSA) is 32.5 Å². The fourth-order valence-corrected chi connectivity index (χ4v) is 3.26. The van der Waals surface area contributed by atoms with Crippen LogP contribution >= 0.6 is 0 Å². The summed E-state index contributed by atoms with van der Waals surface area (Å²) < 4.78 is 14.4. The van der Waals surface area contributed by atoms with Gasteiger partial charge in [0.25, 0.3) is 0 Å². The van der Waals surface area contributed by atoms with E-state index in [1.54, 1.807) is 6.07 Å². The van der Waals surface area contributed by atoms with Crippen molar-refractivity contribution >= 4 is 5.69 Å². The predicted molar refractivity (Wildman–Crippen MR) is 97.7 cm³/mol. The molecular formula is C20H26FN3. The highest BCUT2D eigenvalue weighted by Crippen LogP contribution is 2.23. The first kappa shape index (κ1) is 16.9. The Morgan fingerprint density at radius 2 is 1.67 bits per heavy atom. The van der Waals surface area contributed by atoms with Gasteiger partial charge in [-0.25, -0.2) is 4.39 Å². The van der Waals surface area contributed by atoms with E-state index in [4.69, 9.17) is 5.73 Å². The molecule has 0 bridgehead atoms. The number of hydrogen-bond acceptors (Lipinski definition) is 3. The molecule has 3 nitrogen and oxygen atoms in total. The van der Waals surface area contributed by atoms with E-state index < -0.39 is 0 Å². The summed E-state index contributed by atoms with van der Waals surface area (Å²) in [4.78, 5) is 4.59. The van der Waals surface area contributed by atoms with E-state index in [-0.39, 0.29) is 5.82 Å². The molecular weight excluding hydrogens is 301 g/mol. The van der Waals surface area contributed by atoms with Gasteiger partial charge in [0.1, 0.15) is 5.82 Å². The van der Waals surface area contributed by atoms with E-state index in [0.29, 0.717) is 6.54 Å². The van der Waals surface area contributed by atoms with Crippen molar-refractivity contribution in [3.8, 4) is 0 Å². The third-order valence-electron chi connectivity index (χ3n) is 4.64. The molecule has 2 N–H and O–H groups in total. The Bertz CT molecular complexity index is 637. The second-order valence-electron chi connectivity index (χ2n) is 6.43. The van der Waals surface area contributed by atoms with Gasteiger partial charge < -0.3 is 10.6 Å². The van der Waals surface area contributed by atoms with Gasteiger partial charge in [-0.2, -0.15) is 0 Å². The Hall–Kier alpha value is -1.91. The van der Waals surface area contributed by atoms with Crippen LogP contribution in [-0.4, -0.2) is 37.6 Å². The molecule has 0 radical (unpaired) electrons. The quantitative estimate of drug-likeness (QED) is 0.885. The Morgan fingerprint density at radius 3 is 2.33 bits per heavy atom. The van der Waals surface area contributed by atoms with Crippen molar-refractivity contribution in [1.82, 2.24) is 4.90 Å². The minimum absolute atomic E-state index is 0.110. The number of rotatable bonds is 6. The van der Waals surface area contributed by atoms with Gasteiger partial charge in [0.2, 0.25) is 0 Å². The fourth-order valence-electron chi connectivity index (χ4n) is 3.26. The molecule has 1 heterocycles. The highest BCUT2D eigenvalue weighted by molar-refractivity contribution is 5.49. The lowest BCUT2D eigenvalue weighted by atomic mass is 10.1. The highest BCUT2D eigenvalue weighted by atomic mass is 19.1. The van der Waals surface area contributed by atoms with E-state index in [0.717, 1.165) is 56.8 Å². The van der Waals surface area contributed by atoms with Crippen molar-refractivity contribution < 1.29 is 4.39 Å². The molecule has 0 spiro atoms. The summed E-state index contributed by atoms with van der Waals surface area (Å²) in [5.74, 6) is -0.110. The number of halogens is 1. The molecule has 2 aromatic carbocycles. The molecule has 0 atom stereocenters. The number of aryl methyl sites for hydroxylation is 1. The average Bonchev–Trinajstić information content (AvgIpc) is 2.62. The minimum Gasteiger partial charge on any atom is -0.367 e. The molecule has 0 amide bonds. The van der Waals surface area contributed by atoms with Crippen LogP contribution in [0.3, 0.4) is 0 Å². The molecule has 1 fully saturated rings. The molecule has 1 saturated heterocycles. The first-order valence-electron chi connectivity index (χ1n) is 8.76. The van der Waals surface area contributed by atoms with Crippen molar-refractivity contribution in [1.29, 1.82) is 0 Å². The maximum Gasteiger partial charge on any atom is 0.146 e. The molecule has 0 aliphatic carbocycles. The van der Waals surface area contributed by atoms with Gasteiger partial charge in [0.15, 0.2) is 0 Å². The standard InChI is InChI=1S/C20H26FN3/c21-19-15-17(7-4-10-22)8-9-20(19)24-13-11-23(12-14-24)16-18-5-2-1-3-6-18/h1-3,5-6,8-9,15H,4,7,10-14,16,22H2.